The van der Waals surface area contributed by atoms with E-state index in [1.807, 2.05) is 24.3 Å². The Morgan fingerprint density at radius 1 is 1.18 bits per heavy atom. The van der Waals surface area contributed by atoms with E-state index in [-0.39, 0.29) is 29.3 Å². The lowest BCUT2D eigenvalue weighted by Crippen LogP contribution is -2.38. The summed E-state index contributed by atoms with van der Waals surface area (Å²) in [5.74, 6) is 0.105. The third-order valence-corrected chi connectivity index (χ3v) is 9.56. The first-order valence-electron chi connectivity index (χ1n) is 13.3. The topological polar surface area (TPSA) is 125 Å². The minimum atomic E-state index is -0.491. The van der Waals surface area contributed by atoms with Gasteiger partial charge in [0.2, 0.25) is 11.0 Å². The number of aryl methyl sites for hydroxylation is 1. The second-order valence-corrected chi connectivity index (χ2v) is 12.1. The number of ketones is 1. The average molecular weight is 549 g/mol. The highest BCUT2D eigenvalue weighted by molar-refractivity contribution is 8.01. The second kappa shape index (κ2) is 11.7. The summed E-state index contributed by atoms with van der Waals surface area (Å²) in [4.78, 5) is 27.5. The number of nitrogens with one attached hydrogen (secondary N) is 1. The van der Waals surface area contributed by atoms with E-state index >= 15 is 0 Å². The van der Waals surface area contributed by atoms with E-state index in [0.717, 1.165) is 30.5 Å². The van der Waals surface area contributed by atoms with Gasteiger partial charge in [-0.15, -0.1) is 10.2 Å². The summed E-state index contributed by atoms with van der Waals surface area (Å²) in [6.45, 7) is 2.09. The van der Waals surface area contributed by atoms with Gasteiger partial charge >= 0.3 is 0 Å². The van der Waals surface area contributed by atoms with Gasteiger partial charge in [-0.1, -0.05) is 73.6 Å². The molecule has 2 aromatic rings. The maximum atomic E-state index is 13.3. The quantitative estimate of drug-likeness (QED) is 0.466. The highest BCUT2D eigenvalue weighted by Crippen LogP contribution is 2.47. The molecule has 198 valence electrons. The van der Waals surface area contributed by atoms with Gasteiger partial charge in [-0.05, 0) is 43.2 Å². The lowest BCUT2D eigenvalue weighted by Gasteiger charge is -2.38. The molecule has 2 heterocycles. The number of anilines is 1. The van der Waals surface area contributed by atoms with Crippen molar-refractivity contribution in [3.05, 3.63) is 58.1 Å². The Morgan fingerprint density at radius 3 is 2.66 bits per heavy atom. The number of carbonyl (C=O) groups is 2. The molecule has 1 aromatic carbocycles. The third kappa shape index (κ3) is 5.36. The Balaban J connectivity index is 1.40. The number of allylic oxidation sites excluding steroid dienone is 3. The van der Waals surface area contributed by atoms with Crippen LogP contribution in [0.4, 0.5) is 5.13 Å². The van der Waals surface area contributed by atoms with Crippen molar-refractivity contribution in [3.8, 4) is 6.07 Å². The molecule has 0 spiro atoms. The molecule has 0 radical (unpaired) electrons. The summed E-state index contributed by atoms with van der Waals surface area (Å²) in [5, 5.41) is 22.5. The van der Waals surface area contributed by atoms with Crippen molar-refractivity contribution in [2.45, 2.75) is 81.0 Å². The number of hydrogen-bond donors (Lipinski definition) is 2. The van der Waals surface area contributed by atoms with Crippen LogP contribution in [0.2, 0.25) is 0 Å². The van der Waals surface area contributed by atoms with Crippen molar-refractivity contribution in [1.82, 2.24) is 15.5 Å². The molecule has 1 fully saturated rings. The molecule has 1 saturated carbocycles. The van der Waals surface area contributed by atoms with Crippen LogP contribution >= 0.6 is 23.1 Å². The predicted octanol–water partition coefficient (Wildman–Crippen LogP) is 4.95. The fourth-order valence-electron chi connectivity index (χ4n) is 5.58. The maximum Gasteiger partial charge on any atom is 0.230 e. The molecular weight excluding hydrogens is 516 g/mol. The molecule has 1 aromatic heterocycles. The molecule has 5 rings (SSSR count). The molecular formula is C28H32N6O2S2. The fraction of sp³-hybridized carbons (Fsp3) is 0.464. The molecule has 38 heavy (non-hydrogen) atoms. The average Bonchev–Trinajstić information content (AvgIpc) is 3.40. The number of thioether (sulfide) groups is 1. The maximum absolute atomic E-state index is 13.3. The summed E-state index contributed by atoms with van der Waals surface area (Å²) in [6, 6.07) is 10.6. The summed E-state index contributed by atoms with van der Waals surface area (Å²) in [6.07, 6.45) is 8.39. The van der Waals surface area contributed by atoms with Crippen LogP contribution in [0, 0.1) is 11.3 Å². The zero-order chi connectivity index (χ0) is 26.6. The number of aromatic nitrogens is 2. The number of nitrogens with two attached hydrogens (primary N) is 1. The third-order valence-electron chi connectivity index (χ3n) is 7.52. The van der Waals surface area contributed by atoms with Crippen molar-refractivity contribution in [2.24, 2.45) is 5.73 Å². The van der Waals surface area contributed by atoms with Crippen molar-refractivity contribution in [1.29, 1.82) is 5.26 Å². The zero-order valence-electron chi connectivity index (χ0n) is 21.5. The molecule has 1 amide bonds. The molecule has 2 aliphatic carbocycles. The highest BCUT2D eigenvalue weighted by atomic mass is 32.2. The van der Waals surface area contributed by atoms with Gasteiger partial charge in [0.05, 0.1) is 23.3 Å². The highest BCUT2D eigenvalue weighted by Gasteiger charge is 2.41. The number of amides is 1. The molecule has 10 heteroatoms. The fourth-order valence-corrected chi connectivity index (χ4v) is 7.27. The SMILES string of the molecule is CCc1ccc(C2C(C#N)=C(N)N(c3nnc(SCC(=O)NC4CCCCC4)s3)C3=C2C(=O)CCC3)cc1. The largest absolute Gasteiger partial charge is 0.384 e. The van der Waals surface area contributed by atoms with Crippen LogP contribution in [0.1, 0.15) is 75.3 Å². The Morgan fingerprint density at radius 2 is 1.95 bits per heavy atom. The van der Waals surface area contributed by atoms with E-state index in [1.165, 1.54) is 47.9 Å². The van der Waals surface area contributed by atoms with Crippen LogP contribution in [-0.2, 0) is 16.0 Å². The van der Waals surface area contributed by atoms with Gasteiger partial charge < -0.3 is 11.1 Å². The first-order chi connectivity index (χ1) is 18.5. The first-order valence-corrected chi connectivity index (χ1v) is 15.1. The molecule has 1 unspecified atom stereocenters. The number of nitrogens with zero attached hydrogens (tertiary/aromatic N) is 4. The minimum Gasteiger partial charge on any atom is -0.384 e. The van der Waals surface area contributed by atoms with Crippen LogP contribution in [0.5, 0.6) is 0 Å². The van der Waals surface area contributed by atoms with Crippen molar-refractivity contribution in [2.75, 3.05) is 10.7 Å². The number of Topliss-reactive ketones (excluding diaryl/α,β-unsaturated/α-hetero) is 1. The zero-order valence-corrected chi connectivity index (χ0v) is 23.2. The van der Waals surface area contributed by atoms with Crippen LogP contribution in [0.25, 0.3) is 0 Å². The van der Waals surface area contributed by atoms with E-state index in [9.17, 15) is 14.9 Å². The van der Waals surface area contributed by atoms with Crippen molar-refractivity contribution in [3.63, 3.8) is 0 Å². The van der Waals surface area contributed by atoms with E-state index in [0.29, 0.717) is 39.9 Å². The van der Waals surface area contributed by atoms with Crippen molar-refractivity contribution < 1.29 is 9.59 Å². The number of carbonyl (C=O) groups excluding carboxylic acids is 2. The van der Waals surface area contributed by atoms with Gasteiger partial charge in [-0.3, -0.25) is 14.5 Å². The van der Waals surface area contributed by atoms with Crippen LogP contribution in [0.15, 0.2) is 51.3 Å². The summed E-state index contributed by atoms with van der Waals surface area (Å²) >= 11 is 2.66. The molecule has 3 N–H and O–H groups in total. The molecule has 0 bridgehead atoms. The molecule has 1 atom stereocenters. The number of hydrogen-bond acceptors (Lipinski definition) is 9. The van der Waals surface area contributed by atoms with Crippen molar-refractivity contribution >= 4 is 39.9 Å². The molecule has 1 aliphatic heterocycles. The van der Waals surface area contributed by atoms with E-state index < -0.39 is 5.92 Å². The predicted molar refractivity (Wildman–Crippen MR) is 149 cm³/mol. The number of nitriles is 1. The van der Waals surface area contributed by atoms with Crippen LogP contribution < -0.4 is 16.0 Å². The van der Waals surface area contributed by atoms with Crippen LogP contribution in [-0.4, -0.2) is 33.7 Å². The monoisotopic (exact) mass is 548 g/mol. The number of rotatable bonds is 7. The molecule has 0 saturated heterocycles. The Hall–Kier alpha value is -3.16. The Bertz CT molecular complexity index is 1320. The van der Waals surface area contributed by atoms with Gasteiger partial charge in [0, 0.05) is 23.7 Å². The lowest BCUT2D eigenvalue weighted by atomic mass is 9.75. The lowest BCUT2D eigenvalue weighted by molar-refractivity contribution is -0.119. The molecule has 8 nitrogen and oxygen atoms in total. The Kier molecular flexibility index (Phi) is 8.15. The molecule has 3 aliphatic rings. The van der Waals surface area contributed by atoms with Gasteiger partial charge in [-0.2, -0.15) is 5.26 Å². The van der Waals surface area contributed by atoms with Crippen LogP contribution in [0.3, 0.4) is 0 Å². The normalized spacial score (nSPS) is 20.4. The first kappa shape index (κ1) is 26.4. The van der Waals surface area contributed by atoms with Gasteiger partial charge in [0.25, 0.3) is 0 Å². The summed E-state index contributed by atoms with van der Waals surface area (Å²) in [5.41, 5.74) is 10.5. The Labute approximate surface area is 231 Å². The summed E-state index contributed by atoms with van der Waals surface area (Å²) < 4.78 is 0.645. The van der Waals surface area contributed by atoms with E-state index in [2.05, 4.69) is 28.5 Å². The second-order valence-electron chi connectivity index (χ2n) is 9.95. The standard InChI is InChI=1S/C28H32N6O2S2/c1-2-17-11-13-18(14-12-17)24-20(15-29)26(30)34(21-9-6-10-22(35)25(21)24)27-32-33-28(38-27)37-16-23(36)31-19-7-4-3-5-8-19/h11-14,19,24H,2-10,16,30H2,1H3,(H,31,36). The smallest absolute Gasteiger partial charge is 0.230 e. The van der Waals surface area contributed by atoms with E-state index in [4.69, 9.17) is 5.73 Å². The minimum absolute atomic E-state index is 0.00241. The summed E-state index contributed by atoms with van der Waals surface area (Å²) in [7, 11) is 0. The number of benzene rings is 1. The van der Waals surface area contributed by atoms with E-state index in [1.54, 1.807) is 4.90 Å². The van der Waals surface area contributed by atoms with Gasteiger partial charge in [0.15, 0.2) is 10.1 Å². The van der Waals surface area contributed by atoms with Gasteiger partial charge in [0.1, 0.15) is 5.82 Å². The van der Waals surface area contributed by atoms with Gasteiger partial charge in [-0.25, -0.2) is 0 Å².